The maximum atomic E-state index is 12.4. The van der Waals surface area contributed by atoms with Crippen LogP contribution in [0.25, 0.3) is 0 Å². The number of morpholine rings is 1. The molecule has 0 N–H and O–H groups in total. The molecule has 0 aromatic heterocycles. The van der Waals surface area contributed by atoms with E-state index in [1.54, 1.807) is 7.11 Å². The molecule has 1 saturated heterocycles. The first-order valence-electron chi connectivity index (χ1n) is 6.83. The molecule has 0 aliphatic carbocycles. The summed E-state index contributed by atoms with van der Waals surface area (Å²) in [6, 6.07) is 5.70. The molecule has 1 fully saturated rings. The van der Waals surface area contributed by atoms with Crippen LogP contribution in [0.15, 0.2) is 22.7 Å². The summed E-state index contributed by atoms with van der Waals surface area (Å²) in [5, 5.41) is 0. The van der Waals surface area contributed by atoms with Crippen molar-refractivity contribution in [2.24, 2.45) is 0 Å². The molecular formula is C15H20BrNO3. The van der Waals surface area contributed by atoms with Gasteiger partial charge in [-0.15, -0.1) is 0 Å². The number of rotatable bonds is 5. The van der Waals surface area contributed by atoms with Crippen LogP contribution in [0.2, 0.25) is 0 Å². The van der Waals surface area contributed by atoms with E-state index in [4.69, 9.17) is 9.47 Å². The van der Waals surface area contributed by atoms with Crippen LogP contribution in [-0.4, -0.2) is 50.1 Å². The summed E-state index contributed by atoms with van der Waals surface area (Å²) in [6.45, 7) is 5.27. The third kappa shape index (κ3) is 3.81. The lowest BCUT2D eigenvalue weighted by Gasteiger charge is -2.31. The number of hydrogen-bond acceptors (Lipinski definition) is 4. The second-order valence-electron chi connectivity index (χ2n) is 4.85. The molecule has 20 heavy (non-hydrogen) atoms. The van der Waals surface area contributed by atoms with Crippen molar-refractivity contribution >= 4 is 21.7 Å². The molecule has 0 spiro atoms. The average Bonchev–Trinajstić information content (AvgIpc) is 2.47. The number of carbonyl (C=O) groups excluding carboxylic acids is 1. The minimum Gasteiger partial charge on any atom is -0.496 e. The Labute approximate surface area is 128 Å². The molecule has 1 aromatic rings. The number of methoxy groups -OCH3 is 1. The lowest BCUT2D eigenvalue weighted by Crippen LogP contribution is -2.46. The van der Waals surface area contributed by atoms with Crippen molar-refractivity contribution in [3.05, 3.63) is 28.2 Å². The van der Waals surface area contributed by atoms with Gasteiger partial charge in [0, 0.05) is 29.5 Å². The van der Waals surface area contributed by atoms with Crippen LogP contribution in [0.5, 0.6) is 5.75 Å². The summed E-state index contributed by atoms with van der Waals surface area (Å²) in [6.07, 6.45) is 0.0116. The molecule has 2 rings (SSSR count). The third-order valence-corrected chi connectivity index (χ3v) is 4.06. The first-order valence-corrected chi connectivity index (χ1v) is 7.62. The fourth-order valence-electron chi connectivity index (χ4n) is 2.37. The van der Waals surface area contributed by atoms with E-state index in [-0.39, 0.29) is 11.9 Å². The smallest absolute Gasteiger partial charge is 0.167 e. The van der Waals surface area contributed by atoms with Crippen molar-refractivity contribution in [2.45, 2.75) is 19.4 Å². The van der Waals surface area contributed by atoms with Crippen LogP contribution in [0, 0.1) is 0 Å². The molecular weight excluding hydrogens is 322 g/mol. The predicted octanol–water partition coefficient (Wildman–Crippen LogP) is 2.29. The molecule has 5 heteroatoms. The number of Topliss-reactive ketones (excluding diaryl/α,β-unsaturated/α-hetero) is 1. The molecule has 0 bridgehead atoms. The van der Waals surface area contributed by atoms with E-state index in [1.807, 2.05) is 18.2 Å². The molecule has 1 unspecified atom stereocenters. The second kappa shape index (κ2) is 7.20. The lowest BCUT2D eigenvalue weighted by molar-refractivity contribution is -0.135. The predicted molar refractivity (Wildman–Crippen MR) is 81.3 cm³/mol. The maximum absolute atomic E-state index is 12.4. The molecule has 0 amide bonds. The quantitative estimate of drug-likeness (QED) is 0.823. The number of hydrogen-bond donors (Lipinski definition) is 0. The number of halogens is 1. The van der Waals surface area contributed by atoms with E-state index in [9.17, 15) is 4.79 Å². The largest absolute Gasteiger partial charge is 0.496 e. The highest BCUT2D eigenvalue weighted by atomic mass is 79.9. The Bertz CT molecular complexity index is 478. The van der Waals surface area contributed by atoms with E-state index in [2.05, 4.69) is 27.8 Å². The van der Waals surface area contributed by atoms with Crippen molar-refractivity contribution in [2.75, 3.05) is 33.4 Å². The van der Waals surface area contributed by atoms with Crippen LogP contribution < -0.4 is 4.74 Å². The topological polar surface area (TPSA) is 38.8 Å². The normalized spacial score (nSPS) is 19.9. The summed E-state index contributed by atoms with van der Waals surface area (Å²) in [5.41, 5.74) is 0.893. The Morgan fingerprint density at radius 3 is 3.05 bits per heavy atom. The zero-order valence-electron chi connectivity index (χ0n) is 11.9. The van der Waals surface area contributed by atoms with Gasteiger partial charge in [-0.05, 0) is 24.7 Å². The molecule has 1 atom stereocenters. The van der Waals surface area contributed by atoms with Gasteiger partial charge in [-0.1, -0.05) is 22.9 Å². The summed E-state index contributed by atoms with van der Waals surface area (Å²) in [7, 11) is 1.62. The standard InChI is InChI=1S/C15H20BrNO3/c1-3-17-6-7-20-15(10-17)13(18)9-11-8-12(16)4-5-14(11)19-2/h4-5,8,15H,3,6-7,9-10H2,1-2H3. The molecule has 4 nitrogen and oxygen atoms in total. The fraction of sp³-hybridized carbons (Fsp3) is 0.533. The van der Waals surface area contributed by atoms with E-state index in [0.29, 0.717) is 19.6 Å². The second-order valence-corrected chi connectivity index (χ2v) is 5.77. The van der Waals surface area contributed by atoms with Gasteiger partial charge >= 0.3 is 0 Å². The van der Waals surface area contributed by atoms with Crippen LogP contribution in [0.1, 0.15) is 12.5 Å². The van der Waals surface area contributed by atoms with Crippen LogP contribution in [-0.2, 0) is 16.0 Å². The zero-order valence-corrected chi connectivity index (χ0v) is 13.5. The maximum Gasteiger partial charge on any atom is 0.167 e. The highest BCUT2D eigenvalue weighted by Crippen LogP contribution is 2.24. The molecule has 0 radical (unpaired) electrons. The number of likely N-dealkylation sites (N-methyl/N-ethyl adjacent to an activating group) is 1. The van der Waals surface area contributed by atoms with E-state index in [1.165, 1.54) is 0 Å². The molecule has 0 saturated carbocycles. The van der Waals surface area contributed by atoms with Crippen molar-refractivity contribution < 1.29 is 14.3 Å². The van der Waals surface area contributed by atoms with Gasteiger partial charge in [0.2, 0.25) is 0 Å². The molecule has 1 aromatic carbocycles. The van der Waals surface area contributed by atoms with E-state index in [0.717, 1.165) is 28.9 Å². The van der Waals surface area contributed by atoms with Crippen molar-refractivity contribution in [1.29, 1.82) is 0 Å². The van der Waals surface area contributed by atoms with Crippen LogP contribution in [0.4, 0.5) is 0 Å². The minimum atomic E-state index is -0.326. The first-order chi connectivity index (χ1) is 9.63. The Kier molecular flexibility index (Phi) is 5.57. The SMILES string of the molecule is CCN1CCOC(C(=O)Cc2cc(Br)ccc2OC)C1. The zero-order chi connectivity index (χ0) is 14.5. The number of ketones is 1. The summed E-state index contributed by atoms with van der Waals surface area (Å²) >= 11 is 3.43. The Morgan fingerprint density at radius 1 is 1.55 bits per heavy atom. The Morgan fingerprint density at radius 2 is 2.35 bits per heavy atom. The van der Waals surface area contributed by atoms with Gasteiger partial charge < -0.3 is 9.47 Å². The Balaban J connectivity index is 2.05. The van der Waals surface area contributed by atoms with Crippen LogP contribution >= 0.6 is 15.9 Å². The minimum absolute atomic E-state index is 0.111. The third-order valence-electron chi connectivity index (χ3n) is 3.56. The summed E-state index contributed by atoms with van der Waals surface area (Å²) < 4.78 is 11.9. The van der Waals surface area contributed by atoms with Gasteiger partial charge in [0.15, 0.2) is 5.78 Å². The van der Waals surface area contributed by atoms with Crippen molar-refractivity contribution in [3.8, 4) is 5.75 Å². The van der Waals surface area contributed by atoms with Gasteiger partial charge in [0.1, 0.15) is 11.9 Å². The number of carbonyl (C=O) groups is 1. The van der Waals surface area contributed by atoms with Gasteiger partial charge in [-0.2, -0.15) is 0 Å². The fourth-order valence-corrected chi connectivity index (χ4v) is 2.78. The highest BCUT2D eigenvalue weighted by molar-refractivity contribution is 9.10. The van der Waals surface area contributed by atoms with Gasteiger partial charge in [-0.3, -0.25) is 9.69 Å². The molecule has 1 heterocycles. The summed E-state index contributed by atoms with van der Waals surface area (Å²) in [5.74, 6) is 0.851. The molecule has 110 valence electrons. The van der Waals surface area contributed by atoms with Gasteiger partial charge in [0.25, 0.3) is 0 Å². The number of benzene rings is 1. The number of ether oxygens (including phenoxy) is 2. The summed E-state index contributed by atoms with van der Waals surface area (Å²) in [4.78, 5) is 14.6. The van der Waals surface area contributed by atoms with Crippen molar-refractivity contribution in [1.82, 2.24) is 4.90 Å². The van der Waals surface area contributed by atoms with Crippen LogP contribution in [0.3, 0.4) is 0 Å². The first kappa shape index (κ1) is 15.5. The van der Waals surface area contributed by atoms with Crippen molar-refractivity contribution in [3.63, 3.8) is 0 Å². The van der Waals surface area contributed by atoms with Gasteiger partial charge in [-0.25, -0.2) is 0 Å². The highest BCUT2D eigenvalue weighted by Gasteiger charge is 2.26. The van der Waals surface area contributed by atoms with E-state index < -0.39 is 0 Å². The van der Waals surface area contributed by atoms with E-state index >= 15 is 0 Å². The lowest BCUT2D eigenvalue weighted by atomic mass is 10.0. The monoisotopic (exact) mass is 341 g/mol. The molecule has 1 aliphatic heterocycles. The number of nitrogens with zero attached hydrogens (tertiary/aromatic N) is 1. The molecule has 1 aliphatic rings. The van der Waals surface area contributed by atoms with Gasteiger partial charge in [0.05, 0.1) is 13.7 Å². The Hall–Kier alpha value is -0.910. The average molecular weight is 342 g/mol.